The van der Waals surface area contributed by atoms with Crippen molar-refractivity contribution in [3.05, 3.63) is 28.8 Å². The third-order valence-electron chi connectivity index (χ3n) is 8.26. The molecule has 1 unspecified atom stereocenters. The van der Waals surface area contributed by atoms with Gasteiger partial charge in [0.15, 0.2) is 5.82 Å². The van der Waals surface area contributed by atoms with Crippen molar-refractivity contribution in [1.82, 2.24) is 19.9 Å². The summed E-state index contributed by atoms with van der Waals surface area (Å²) in [4.78, 5) is 21.3. The van der Waals surface area contributed by atoms with Crippen molar-refractivity contribution in [2.75, 3.05) is 68.9 Å². The molecule has 0 radical (unpaired) electrons. The number of hydrogen-bond acceptors (Lipinski definition) is 10. The molecule has 2 fully saturated rings. The summed E-state index contributed by atoms with van der Waals surface area (Å²) < 4.78 is 85.9. The van der Waals surface area contributed by atoms with Gasteiger partial charge in [-0.05, 0) is 45.7 Å². The molecule has 0 aliphatic carbocycles. The summed E-state index contributed by atoms with van der Waals surface area (Å²) in [6, 6.07) is 0.741. The van der Waals surface area contributed by atoms with Crippen LogP contribution in [0.15, 0.2) is 11.1 Å². The maximum Gasteiger partial charge on any atom is 0.417 e. The highest BCUT2D eigenvalue weighted by atomic mass is 19.4. The molecule has 1 atom stereocenters. The summed E-state index contributed by atoms with van der Waals surface area (Å²) in [5.41, 5.74) is 0.973. The molecular weight excluding hydrogens is 611 g/mol. The fourth-order valence-electron chi connectivity index (χ4n) is 5.51. The SMILES string of the molecule is C=NCCNc1nc(N2CC3(COCCN3C)C2)nc2c(F)c(-c3cc(N)c(F)c(C)c3C(F)(F)F)nc(OC(C)CC)c12.CC. The van der Waals surface area contributed by atoms with Crippen LogP contribution in [-0.4, -0.2) is 91.2 Å². The van der Waals surface area contributed by atoms with Gasteiger partial charge in [-0.15, -0.1) is 0 Å². The van der Waals surface area contributed by atoms with E-state index < -0.39 is 52.0 Å². The number of ether oxygens (including phenoxy) is 2. The van der Waals surface area contributed by atoms with Crippen LogP contribution in [0.3, 0.4) is 0 Å². The second kappa shape index (κ2) is 13.9. The molecule has 3 N–H and O–H groups in total. The Kier molecular flexibility index (Phi) is 10.6. The number of hydrogen-bond donors (Lipinski definition) is 2. The number of likely N-dealkylation sites (N-methyl/N-ethyl adjacent to an activating group) is 1. The Bertz CT molecular complexity index is 1580. The van der Waals surface area contributed by atoms with Crippen LogP contribution in [0.1, 0.15) is 45.2 Å². The molecule has 2 aliphatic rings. The standard InChI is InChI=1S/C29H35F5N8O2.C2H6/c1-6-15(2)44-26-19-24(22(31)23(38-26)17-11-18(35)21(30)16(3)20(17)29(32,33)34)39-27(40-25(19)37-8-7-36-4)42-12-28(13-42)14-43-10-9-41(28)5;1-2/h11,15H,4,6-10,12-14,35H2,1-3,5H3,(H,37,39,40);1-2H3. The quantitative estimate of drug-likeness (QED) is 0.130. The molecule has 15 heteroatoms. The molecular formula is C31H41F5N8O2. The predicted octanol–water partition coefficient (Wildman–Crippen LogP) is 5.72. The van der Waals surface area contributed by atoms with Crippen LogP contribution in [0.4, 0.5) is 39.4 Å². The first-order valence-electron chi connectivity index (χ1n) is 15.3. The molecule has 2 aliphatic heterocycles. The molecule has 2 saturated heterocycles. The average molecular weight is 653 g/mol. The number of halogens is 5. The van der Waals surface area contributed by atoms with Crippen LogP contribution >= 0.6 is 0 Å². The van der Waals surface area contributed by atoms with Crippen LogP contribution < -0.4 is 20.7 Å². The van der Waals surface area contributed by atoms with E-state index in [-0.39, 0.29) is 40.6 Å². The van der Waals surface area contributed by atoms with Gasteiger partial charge >= 0.3 is 6.18 Å². The van der Waals surface area contributed by atoms with Gasteiger partial charge in [0, 0.05) is 31.7 Å². The van der Waals surface area contributed by atoms with E-state index in [9.17, 15) is 17.6 Å². The first-order chi connectivity index (χ1) is 21.8. The lowest BCUT2D eigenvalue weighted by Crippen LogP contribution is -2.74. The Hall–Kier alpha value is -3.85. The van der Waals surface area contributed by atoms with Crippen molar-refractivity contribution in [1.29, 1.82) is 0 Å². The lowest BCUT2D eigenvalue weighted by molar-refractivity contribution is -0.137. The van der Waals surface area contributed by atoms with E-state index in [4.69, 9.17) is 15.2 Å². The molecule has 5 rings (SSSR count). The van der Waals surface area contributed by atoms with E-state index >= 15 is 4.39 Å². The number of rotatable bonds is 9. The monoisotopic (exact) mass is 652 g/mol. The van der Waals surface area contributed by atoms with Gasteiger partial charge in [-0.25, -0.2) is 18.7 Å². The highest BCUT2D eigenvalue weighted by Gasteiger charge is 2.49. The van der Waals surface area contributed by atoms with Crippen LogP contribution in [0.2, 0.25) is 0 Å². The van der Waals surface area contributed by atoms with Crippen molar-refractivity contribution < 1.29 is 31.4 Å². The Morgan fingerprint density at radius 1 is 1.20 bits per heavy atom. The van der Waals surface area contributed by atoms with E-state index in [1.165, 1.54) is 0 Å². The number of alkyl halides is 3. The molecule has 252 valence electrons. The van der Waals surface area contributed by atoms with E-state index in [0.29, 0.717) is 39.3 Å². The van der Waals surface area contributed by atoms with Gasteiger partial charge in [-0.2, -0.15) is 18.2 Å². The third-order valence-corrected chi connectivity index (χ3v) is 8.26. The molecule has 2 aromatic heterocycles. The number of aromatic nitrogens is 3. The Labute approximate surface area is 265 Å². The first kappa shape index (κ1) is 35.0. The van der Waals surface area contributed by atoms with E-state index in [1.807, 2.05) is 32.7 Å². The number of nitrogens with one attached hydrogen (secondary N) is 1. The van der Waals surface area contributed by atoms with Crippen molar-refractivity contribution in [3.63, 3.8) is 0 Å². The number of fused-ring (bicyclic) bond motifs is 1. The fraction of sp³-hybridized carbons (Fsp3) is 0.548. The van der Waals surface area contributed by atoms with Crippen molar-refractivity contribution in [2.24, 2.45) is 4.99 Å². The Morgan fingerprint density at radius 3 is 2.50 bits per heavy atom. The summed E-state index contributed by atoms with van der Waals surface area (Å²) in [6.07, 6.45) is -4.99. The highest BCUT2D eigenvalue weighted by Crippen LogP contribution is 2.45. The summed E-state index contributed by atoms with van der Waals surface area (Å²) in [6.45, 7) is 15.4. The normalized spacial score (nSPS) is 16.9. The largest absolute Gasteiger partial charge is 0.474 e. The Morgan fingerprint density at radius 2 is 1.89 bits per heavy atom. The molecule has 4 heterocycles. The number of aliphatic imine (C=N–C) groups is 1. The number of nitrogens with zero attached hydrogens (tertiary/aromatic N) is 6. The van der Waals surface area contributed by atoms with Crippen LogP contribution in [0.5, 0.6) is 5.88 Å². The molecule has 0 bridgehead atoms. The lowest BCUT2D eigenvalue weighted by Gasteiger charge is -2.56. The zero-order valence-electron chi connectivity index (χ0n) is 27.0. The first-order valence-corrected chi connectivity index (χ1v) is 15.3. The Balaban J connectivity index is 0.00000235. The summed E-state index contributed by atoms with van der Waals surface area (Å²) in [5, 5.41) is 3.16. The molecule has 46 heavy (non-hydrogen) atoms. The van der Waals surface area contributed by atoms with Crippen molar-refractivity contribution in [3.8, 4) is 17.1 Å². The van der Waals surface area contributed by atoms with Crippen LogP contribution in [0.25, 0.3) is 22.2 Å². The summed E-state index contributed by atoms with van der Waals surface area (Å²) >= 11 is 0. The average Bonchev–Trinajstić information content (AvgIpc) is 3.00. The molecule has 1 spiro atoms. The van der Waals surface area contributed by atoms with E-state index in [1.54, 1.807) is 6.92 Å². The minimum absolute atomic E-state index is 0.0491. The predicted molar refractivity (Wildman–Crippen MR) is 170 cm³/mol. The number of pyridine rings is 1. The smallest absolute Gasteiger partial charge is 0.417 e. The van der Waals surface area contributed by atoms with Crippen molar-refractivity contribution in [2.45, 2.75) is 58.9 Å². The third kappa shape index (κ3) is 6.52. The van der Waals surface area contributed by atoms with Gasteiger partial charge < -0.3 is 25.4 Å². The van der Waals surface area contributed by atoms with Crippen LogP contribution in [-0.2, 0) is 10.9 Å². The lowest BCUT2D eigenvalue weighted by atomic mass is 9.88. The van der Waals surface area contributed by atoms with Gasteiger partial charge in [-0.1, -0.05) is 20.8 Å². The zero-order chi connectivity index (χ0) is 34.0. The number of benzene rings is 1. The van der Waals surface area contributed by atoms with Gasteiger partial charge in [0.25, 0.3) is 0 Å². The van der Waals surface area contributed by atoms with Gasteiger partial charge in [0.1, 0.15) is 28.2 Å². The van der Waals surface area contributed by atoms with Gasteiger partial charge in [0.05, 0.1) is 42.7 Å². The van der Waals surface area contributed by atoms with E-state index in [0.717, 1.165) is 19.5 Å². The molecule has 0 saturated carbocycles. The zero-order valence-corrected chi connectivity index (χ0v) is 27.0. The maximum atomic E-state index is 16.6. The second-order valence-electron chi connectivity index (χ2n) is 11.3. The van der Waals surface area contributed by atoms with Crippen molar-refractivity contribution >= 4 is 35.1 Å². The topological polar surface area (TPSA) is 114 Å². The van der Waals surface area contributed by atoms with Gasteiger partial charge in [-0.3, -0.25) is 9.89 Å². The molecule has 0 amide bonds. The van der Waals surface area contributed by atoms with Crippen LogP contribution in [0, 0.1) is 18.6 Å². The highest BCUT2D eigenvalue weighted by molar-refractivity contribution is 5.97. The molecule has 10 nitrogen and oxygen atoms in total. The second-order valence-corrected chi connectivity index (χ2v) is 11.3. The minimum atomic E-state index is -5.05. The summed E-state index contributed by atoms with van der Waals surface area (Å²) in [7, 11) is 2.00. The number of nitrogen functional groups attached to an aromatic ring is 1. The fourth-order valence-corrected chi connectivity index (χ4v) is 5.51. The number of nitrogens with two attached hydrogens (primary N) is 1. The summed E-state index contributed by atoms with van der Waals surface area (Å²) in [5.74, 6) is -2.25. The van der Waals surface area contributed by atoms with E-state index in [2.05, 4.69) is 36.9 Å². The maximum absolute atomic E-state index is 16.6. The van der Waals surface area contributed by atoms with Gasteiger partial charge in [0.2, 0.25) is 11.8 Å². The minimum Gasteiger partial charge on any atom is -0.474 e. The number of anilines is 3. The molecule has 3 aromatic rings. The molecule has 1 aromatic carbocycles. The number of morpholine rings is 1.